The molecule has 0 N–H and O–H groups in total. The second kappa shape index (κ2) is 8.28. The third-order valence-electron chi connectivity index (χ3n) is 6.55. The first-order valence-corrected chi connectivity index (χ1v) is 11.5. The minimum absolute atomic E-state index is 0.0415. The zero-order valence-electron chi connectivity index (χ0n) is 17.1. The molecule has 0 radical (unpaired) electrons. The van der Waals surface area contributed by atoms with Gasteiger partial charge in [0.2, 0.25) is 0 Å². The van der Waals surface area contributed by atoms with Crippen molar-refractivity contribution in [2.75, 3.05) is 6.54 Å². The molecule has 2 aromatic rings. The van der Waals surface area contributed by atoms with Gasteiger partial charge in [0, 0.05) is 10.6 Å². The number of rotatable bonds is 5. The summed E-state index contributed by atoms with van der Waals surface area (Å²) in [5, 5.41) is 2.34. The van der Waals surface area contributed by atoms with Crippen molar-refractivity contribution in [2.45, 2.75) is 6.42 Å². The van der Waals surface area contributed by atoms with Gasteiger partial charge < -0.3 is 0 Å². The Morgan fingerprint density at radius 3 is 2.12 bits per heavy atom. The first-order valence-electron chi connectivity index (χ1n) is 10.4. The van der Waals surface area contributed by atoms with Crippen molar-refractivity contribution in [2.24, 2.45) is 23.7 Å². The van der Waals surface area contributed by atoms with Crippen LogP contribution in [-0.4, -0.2) is 40.1 Å². The van der Waals surface area contributed by atoms with E-state index in [0.717, 1.165) is 16.4 Å². The molecule has 4 atom stereocenters. The van der Waals surface area contributed by atoms with Crippen LogP contribution in [0.25, 0.3) is 0 Å². The SMILES string of the molecule is O=C(CN(C(=O)c1ccccc1Cl)N1C(=O)[C@H]2[C@H](C1=O)[C@H]1C=C[C@H]2C1)c1ccc(Cl)cc1Cl. The number of imide groups is 1. The van der Waals surface area contributed by atoms with Gasteiger partial charge >= 0.3 is 0 Å². The summed E-state index contributed by atoms with van der Waals surface area (Å²) in [4.78, 5) is 53.4. The number of Topliss-reactive ketones (excluding diaryl/α,β-unsaturated/α-hetero) is 1. The van der Waals surface area contributed by atoms with Crippen molar-refractivity contribution in [1.82, 2.24) is 10.0 Å². The Hall–Kier alpha value is -2.67. The van der Waals surface area contributed by atoms with Gasteiger partial charge in [0.05, 0.1) is 27.4 Å². The van der Waals surface area contributed by atoms with E-state index in [-0.39, 0.29) is 33.0 Å². The fourth-order valence-corrected chi connectivity index (χ4v) is 5.80. The number of halogens is 3. The van der Waals surface area contributed by atoms with Crippen molar-refractivity contribution in [1.29, 1.82) is 0 Å². The second-order valence-electron chi connectivity index (χ2n) is 8.38. The summed E-state index contributed by atoms with van der Waals surface area (Å²) in [7, 11) is 0. The topological polar surface area (TPSA) is 74.8 Å². The molecule has 2 aromatic carbocycles. The molecule has 0 aromatic heterocycles. The summed E-state index contributed by atoms with van der Waals surface area (Å²) in [6.45, 7) is -0.564. The summed E-state index contributed by atoms with van der Waals surface area (Å²) in [5.41, 5.74) is 0.201. The van der Waals surface area contributed by atoms with Crippen LogP contribution in [0.3, 0.4) is 0 Å². The van der Waals surface area contributed by atoms with Crippen LogP contribution in [0.15, 0.2) is 54.6 Å². The number of hydrogen-bond donors (Lipinski definition) is 0. The van der Waals surface area contributed by atoms with Crippen LogP contribution in [0, 0.1) is 23.7 Å². The summed E-state index contributed by atoms with van der Waals surface area (Å²) in [6.07, 6.45) is 4.66. The molecule has 33 heavy (non-hydrogen) atoms. The van der Waals surface area contributed by atoms with E-state index in [9.17, 15) is 19.2 Å². The lowest BCUT2D eigenvalue weighted by Gasteiger charge is -2.31. The first kappa shape index (κ1) is 22.1. The summed E-state index contributed by atoms with van der Waals surface area (Å²) >= 11 is 18.3. The number of hydrazine groups is 1. The lowest BCUT2D eigenvalue weighted by atomic mass is 9.85. The van der Waals surface area contributed by atoms with E-state index in [2.05, 4.69) is 0 Å². The van der Waals surface area contributed by atoms with Gasteiger partial charge in [0.25, 0.3) is 17.7 Å². The average Bonchev–Trinajstić information content (AvgIpc) is 3.46. The Morgan fingerprint density at radius 1 is 0.879 bits per heavy atom. The molecular weight excluding hydrogens is 487 g/mol. The van der Waals surface area contributed by atoms with E-state index in [4.69, 9.17) is 34.8 Å². The molecule has 5 rings (SSSR count). The van der Waals surface area contributed by atoms with E-state index in [1.165, 1.54) is 30.3 Å². The Kier molecular flexibility index (Phi) is 5.55. The summed E-state index contributed by atoms with van der Waals surface area (Å²) in [5.74, 6) is -3.35. The van der Waals surface area contributed by atoms with E-state index in [0.29, 0.717) is 5.02 Å². The van der Waals surface area contributed by atoms with Gasteiger partial charge in [-0.3, -0.25) is 19.2 Å². The van der Waals surface area contributed by atoms with Crippen LogP contribution in [-0.2, 0) is 9.59 Å². The van der Waals surface area contributed by atoms with Crippen LogP contribution in [0.5, 0.6) is 0 Å². The van der Waals surface area contributed by atoms with Crippen molar-refractivity contribution in [3.8, 4) is 0 Å². The van der Waals surface area contributed by atoms with Crippen LogP contribution < -0.4 is 0 Å². The molecule has 0 unspecified atom stereocenters. The zero-order valence-corrected chi connectivity index (χ0v) is 19.3. The Balaban J connectivity index is 1.53. The average molecular weight is 504 g/mol. The largest absolute Gasteiger partial charge is 0.292 e. The lowest BCUT2D eigenvalue weighted by molar-refractivity contribution is -0.154. The smallest absolute Gasteiger partial charge is 0.274 e. The highest BCUT2D eigenvalue weighted by Crippen LogP contribution is 2.52. The molecule has 0 spiro atoms. The number of nitrogens with zero attached hydrogens (tertiary/aromatic N) is 2. The molecule has 168 valence electrons. The number of hydrogen-bond acceptors (Lipinski definition) is 4. The number of allylic oxidation sites excluding steroid dienone is 2. The Morgan fingerprint density at radius 2 is 1.52 bits per heavy atom. The van der Waals surface area contributed by atoms with Crippen LogP contribution in [0.1, 0.15) is 27.1 Å². The third-order valence-corrected chi connectivity index (χ3v) is 7.43. The van der Waals surface area contributed by atoms with E-state index < -0.39 is 41.9 Å². The number of benzene rings is 2. The fourth-order valence-electron chi connectivity index (χ4n) is 5.07. The van der Waals surface area contributed by atoms with Crippen LogP contribution >= 0.6 is 34.8 Å². The van der Waals surface area contributed by atoms with Crippen LogP contribution in [0.4, 0.5) is 0 Å². The standard InChI is InChI=1S/C24H17Cl3N2O4/c25-14-7-8-15(18(27)10-14)19(30)11-28(22(31)16-3-1-2-4-17(16)26)29-23(32)20-12-5-6-13(9-12)21(20)24(29)33/h1-8,10,12-13,20-21H,9,11H2/t12-,13-,20+,21+/m0/s1. The maximum Gasteiger partial charge on any atom is 0.274 e. The molecule has 3 amide bonds. The molecule has 6 nitrogen and oxygen atoms in total. The lowest BCUT2D eigenvalue weighted by Crippen LogP contribution is -2.52. The van der Waals surface area contributed by atoms with Crippen molar-refractivity contribution >= 4 is 58.3 Å². The molecular formula is C24H17Cl3N2O4. The molecule has 1 saturated carbocycles. The molecule has 3 aliphatic rings. The number of fused-ring (bicyclic) bond motifs is 5. The fraction of sp³-hybridized carbons (Fsp3) is 0.250. The quantitative estimate of drug-likeness (QED) is 0.337. The normalized spacial score (nSPS) is 25.0. The van der Waals surface area contributed by atoms with Gasteiger partial charge in [-0.25, -0.2) is 5.01 Å². The Bertz CT molecular complexity index is 1210. The van der Waals surface area contributed by atoms with E-state index >= 15 is 0 Å². The maximum atomic E-state index is 13.5. The van der Waals surface area contributed by atoms with Gasteiger partial charge in [0.15, 0.2) is 5.78 Å². The van der Waals surface area contributed by atoms with Gasteiger partial charge in [-0.05, 0) is 48.6 Å². The number of carbonyl (C=O) groups is 4. The van der Waals surface area contributed by atoms with Gasteiger partial charge in [-0.15, -0.1) is 0 Å². The maximum absolute atomic E-state index is 13.5. The highest BCUT2D eigenvalue weighted by Gasteiger charge is 2.61. The van der Waals surface area contributed by atoms with Gasteiger partial charge in [-0.1, -0.05) is 59.1 Å². The molecule has 1 aliphatic heterocycles. The van der Waals surface area contributed by atoms with Crippen LogP contribution in [0.2, 0.25) is 15.1 Å². The molecule has 1 saturated heterocycles. The monoisotopic (exact) mass is 502 g/mol. The van der Waals surface area contributed by atoms with Crippen molar-refractivity contribution in [3.63, 3.8) is 0 Å². The number of ketones is 1. The second-order valence-corrected chi connectivity index (χ2v) is 9.63. The number of amides is 3. The molecule has 2 fully saturated rings. The highest BCUT2D eigenvalue weighted by molar-refractivity contribution is 6.37. The highest BCUT2D eigenvalue weighted by atomic mass is 35.5. The zero-order chi connectivity index (χ0) is 23.4. The van der Waals surface area contributed by atoms with Gasteiger partial charge in [0.1, 0.15) is 6.54 Å². The minimum atomic E-state index is -0.721. The molecule has 2 bridgehead atoms. The van der Waals surface area contributed by atoms with E-state index in [1.54, 1.807) is 12.1 Å². The molecule has 2 aliphatic carbocycles. The summed E-state index contributed by atoms with van der Waals surface area (Å²) < 4.78 is 0. The van der Waals surface area contributed by atoms with Crippen molar-refractivity contribution < 1.29 is 19.2 Å². The minimum Gasteiger partial charge on any atom is -0.292 e. The first-order chi connectivity index (χ1) is 15.8. The molecule has 9 heteroatoms. The molecule has 1 heterocycles. The predicted octanol–water partition coefficient (Wildman–Crippen LogP) is 4.69. The third kappa shape index (κ3) is 3.57. The predicted molar refractivity (Wildman–Crippen MR) is 123 cm³/mol. The number of carbonyl (C=O) groups excluding carboxylic acids is 4. The Labute approximate surface area is 204 Å². The summed E-state index contributed by atoms with van der Waals surface area (Å²) in [6, 6.07) is 10.6. The van der Waals surface area contributed by atoms with Gasteiger partial charge in [-0.2, -0.15) is 5.01 Å². The van der Waals surface area contributed by atoms with E-state index in [1.807, 2.05) is 12.2 Å². The van der Waals surface area contributed by atoms with Crippen molar-refractivity contribution in [3.05, 3.63) is 80.8 Å².